The summed E-state index contributed by atoms with van der Waals surface area (Å²) in [5.74, 6) is 0.0441. The number of benzene rings is 1. The van der Waals surface area contributed by atoms with Crippen LogP contribution in [0.4, 0.5) is 4.79 Å². The molecule has 18 heavy (non-hydrogen) atoms. The van der Waals surface area contributed by atoms with Crippen molar-refractivity contribution in [1.29, 1.82) is 0 Å². The molecule has 0 fully saturated rings. The number of amides is 3. The van der Waals surface area contributed by atoms with Gasteiger partial charge in [-0.25, -0.2) is 4.79 Å². The zero-order chi connectivity index (χ0) is 13.7. The summed E-state index contributed by atoms with van der Waals surface area (Å²) in [5, 5.41) is 5.03. The number of carbonyl (C=O) groups excluding carboxylic acids is 2. The summed E-state index contributed by atoms with van der Waals surface area (Å²) >= 11 is 5.82. The number of aryl methyl sites for hydroxylation is 1. The summed E-state index contributed by atoms with van der Waals surface area (Å²) in [6, 6.07) is 4.53. The number of ether oxygens (including phenoxy) is 1. The summed E-state index contributed by atoms with van der Waals surface area (Å²) in [4.78, 5) is 22.5. The Kier molecular flexibility index (Phi) is 4.97. The standard InChI is InChI=1S/C12H15ClN2O3/c1-7-6-9(13)4-5-10(7)18-8(2)11(16)15-12(17)14-3/h4-6,8H,1-3H3,(H2,14,15,16,17). The molecule has 5 nitrogen and oxygen atoms in total. The van der Waals surface area contributed by atoms with Gasteiger partial charge in [0.05, 0.1) is 0 Å². The van der Waals surface area contributed by atoms with Gasteiger partial charge in [-0.2, -0.15) is 0 Å². The maximum absolute atomic E-state index is 11.6. The first kappa shape index (κ1) is 14.3. The number of rotatable bonds is 3. The number of hydrogen-bond acceptors (Lipinski definition) is 3. The zero-order valence-electron chi connectivity index (χ0n) is 10.4. The van der Waals surface area contributed by atoms with Gasteiger partial charge in [0.25, 0.3) is 5.91 Å². The summed E-state index contributed by atoms with van der Waals surface area (Å²) < 4.78 is 5.46. The van der Waals surface area contributed by atoms with Crippen LogP contribution >= 0.6 is 11.6 Å². The highest BCUT2D eigenvalue weighted by Crippen LogP contribution is 2.22. The van der Waals surface area contributed by atoms with Crippen molar-refractivity contribution in [3.05, 3.63) is 28.8 Å². The molecule has 0 aromatic heterocycles. The smallest absolute Gasteiger partial charge is 0.321 e. The highest BCUT2D eigenvalue weighted by atomic mass is 35.5. The zero-order valence-corrected chi connectivity index (χ0v) is 11.2. The van der Waals surface area contributed by atoms with Crippen molar-refractivity contribution in [3.63, 3.8) is 0 Å². The van der Waals surface area contributed by atoms with Gasteiger partial charge in [0.15, 0.2) is 6.10 Å². The van der Waals surface area contributed by atoms with Crippen LogP contribution in [-0.4, -0.2) is 25.1 Å². The minimum absolute atomic E-state index is 0.510. The molecule has 1 rings (SSSR count). The highest BCUT2D eigenvalue weighted by molar-refractivity contribution is 6.30. The van der Waals surface area contributed by atoms with Crippen molar-refractivity contribution in [1.82, 2.24) is 10.6 Å². The van der Waals surface area contributed by atoms with Gasteiger partial charge in [-0.3, -0.25) is 10.1 Å². The first-order chi connectivity index (χ1) is 8.43. The van der Waals surface area contributed by atoms with E-state index in [9.17, 15) is 9.59 Å². The number of imide groups is 1. The molecule has 0 saturated carbocycles. The molecule has 0 aliphatic rings. The molecule has 0 saturated heterocycles. The highest BCUT2D eigenvalue weighted by Gasteiger charge is 2.17. The second kappa shape index (κ2) is 6.26. The van der Waals surface area contributed by atoms with E-state index in [1.807, 2.05) is 6.92 Å². The maximum atomic E-state index is 11.6. The maximum Gasteiger partial charge on any atom is 0.321 e. The first-order valence-electron chi connectivity index (χ1n) is 5.39. The van der Waals surface area contributed by atoms with Crippen molar-refractivity contribution in [2.75, 3.05) is 7.05 Å². The second-order valence-electron chi connectivity index (χ2n) is 3.74. The molecular weight excluding hydrogens is 256 g/mol. The van der Waals surface area contributed by atoms with Gasteiger partial charge in [0.2, 0.25) is 0 Å². The predicted octanol–water partition coefficient (Wildman–Crippen LogP) is 1.87. The van der Waals surface area contributed by atoms with Gasteiger partial charge in [-0.1, -0.05) is 11.6 Å². The lowest BCUT2D eigenvalue weighted by Crippen LogP contribution is -2.44. The molecule has 2 N–H and O–H groups in total. The van der Waals surface area contributed by atoms with E-state index in [1.165, 1.54) is 7.05 Å². The van der Waals surface area contributed by atoms with Gasteiger partial charge < -0.3 is 10.1 Å². The molecule has 6 heteroatoms. The number of hydrogen-bond donors (Lipinski definition) is 2. The third kappa shape index (κ3) is 3.92. The molecule has 3 amide bonds. The van der Waals surface area contributed by atoms with Crippen LogP contribution in [0.3, 0.4) is 0 Å². The van der Waals surface area contributed by atoms with Crippen molar-refractivity contribution >= 4 is 23.5 Å². The van der Waals surface area contributed by atoms with Gasteiger partial charge in [-0.15, -0.1) is 0 Å². The number of nitrogens with one attached hydrogen (secondary N) is 2. The lowest BCUT2D eigenvalue weighted by atomic mass is 10.2. The monoisotopic (exact) mass is 270 g/mol. The molecular formula is C12H15ClN2O3. The SMILES string of the molecule is CNC(=O)NC(=O)C(C)Oc1ccc(Cl)cc1C. The normalized spacial score (nSPS) is 11.6. The molecule has 1 atom stereocenters. The summed E-state index contributed by atoms with van der Waals surface area (Å²) in [6.45, 7) is 3.39. The van der Waals surface area contributed by atoms with Crippen LogP contribution in [0.5, 0.6) is 5.75 Å². The van der Waals surface area contributed by atoms with Crippen molar-refractivity contribution in [2.45, 2.75) is 20.0 Å². The number of carbonyl (C=O) groups is 2. The average Bonchev–Trinajstić information content (AvgIpc) is 2.32. The van der Waals surface area contributed by atoms with Crippen molar-refractivity contribution in [3.8, 4) is 5.75 Å². The Morgan fingerprint density at radius 1 is 1.39 bits per heavy atom. The Hall–Kier alpha value is -1.75. The van der Waals surface area contributed by atoms with Crippen molar-refractivity contribution < 1.29 is 14.3 Å². The lowest BCUT2D eigenvalue weighted by Gasteiger charge is -2.15. The fraction of sp³-hybridized carbons (Fsp3) is 0.333. The van der Waals surface area contributed by atoms with E-state index in [2.05, 4.69) is 10.6 Å². The van der Waals surface area contributed by atoms with Gasteiger partial charge in [0.1, 0.15) is 5.75 Å². The summed E-state index contributed by atoms with van der Waals surface area (Å²) in [7, 11) is 1.43. The molecule has 0 radical (unpaired) electrons. The van der Waals surface area contributed by atoms with E-state index < -0.39 is 18.0 Å². The Labute approximate surface area is 110 Å². The van der Waals surface area contributed by atoms with Gasteiger partial charge in [-0.05, 0) is 37.6 Å². The fourth-order valence-electron chi connectivity index (χ4n) is 1.27. The largest absolute Gasteiger partial charge is 0.481 e. The van der Waals surface area contributed by atoms with Gasteiger partial charge in [0, 0.05) is 12.1 Å². The molecule has 0 heterocycles. The van der Waals surface area contributed by atoms with E-state index in [1.54, 1.807) is 25.1 Å². The quantitative estimate of drug-likeness (QED) is 0.881. The lowest BCUT2D eigenvalue weighted by molar-refractivity contribution is -0.126. The van der Waals surface area contributed by atoms with Gasteiger partial charge >= 0.3 is 6.03 Å². The van der Waals surface area contributed by atoms with Crippen LogP contribution in [0.2, 0.25) is 5.02 Å². The van der Waals surface area contributed by atoms with Crippen LogP contribution < -0.4 is 15.4 Å². The van der Waals surface area contributed by atoms with Crippen molar-refractivity contribution in [2.24, 2.45) is 0 Å². The molecule has 0 aliphatic carbocycles. The Morgan fingerprint density at radius 2 is 2.06 bits per heavy atom. The first-order valence-corrected chi connectivity index (χ1v) is 5.77. The second-order valence-corrected chi connectivity index (χ2v) is 4.17. The molecule has 0 spiro atoms. The average molecular weight is 271 g/mol. The van der Waals surface area contributed by atoms with E-state index in [4.69, 9.17) is 16.3 Å². The molecule has 98 valence electrons. The summed E-state index contributed by atoms with van der Waals surface area (Å²) in [5.41, 5.74) is 0.821. The molecule has 1 aromatic carbocycles. The Balaban J connectivity index is 2.66. The minimum Gasteiger partial charge on any atom is -0.481 e. The van der Waals surface area contributed by atoms with Crippen LogP contribution in [0.15, 0.2) is 18.2 Å². The molecule has 1 aromatic rings. The van der Waals surface area contributed by atoms with E-state index in [-0.39, 0.29) is 0 Å². The van der Waals surface area contributed by atoms with Crippen LogP contribution in [0, 0.1) is 6.92 Å². The minimum atomic E-state index is -0.776. The van der Waals surface area contributed by atoms with E-state index >= 15 is 0 Å². The van der Waals surface area contributed by atoms with Crippen LogP contribution in [0.25, 0.3) is 0 Å². The fourth-order valence-corrected chi connectivity index (χ4v) is 1.49. The predicted molar refractivity (Wildman–Crippen MR) is 68.9 cm³/mol. The third-order valence-corrected chi connectivity index (χ3v) is 2.51. The number of urea groups is 1. The van der Waals surface area contributed by atoms with Crippen LogP contribution in [0.1, 0.15) is 12.5 Å². The van der Waals surface area contributed by atoms with Crippen LogP contribution in [-0.2, 0) is 4.79 Å². The third-order valence-electron chi connectivity index (χ3n) is 2.27. The Morgan fingerprint density at radius 3 is 2.61 bits per heavy atom. The van der Waals surface area contributed by atoms with E-state index in [0.717, 1.165) is 5.56 Å². The van der Waals surface area contributed by atoms with E-state index in [0.29, 0.717) is 10.8 Å². The molecule has 1 unspecified atom stereocenters. The summed E-state index contributed by atoms with van der Waals surface area (Å²) in [6.07, 6.45) is -0.776. The molecule has 0 bridgehead atoms. The molecule has 0 aliphatic heterocycles. The number of halogens is 1. The topological polar surface area (TPSA) is 67.4 Å². The Bertz CT molecular complexity index is 463.